The van der Waals surface area contributed by atoms with Crippen LogP contribution >= 0.6 is 0 Å². The lowest BCUT2D eigenvalue weighted by Crippen LogP contribution is -2.43. The van der Waals surface area contributed by atoms with Gasteiger partial charge in [0.15, 0.2) is 11.6 Å². The first-order valence-electron chi connectivity index (χ1n) is 10.9. The van der Waals surface area contributed by atoms with Crippen LogP contribution in [0.1, 0.15) is 0 Å². The maximum Gasteiger partial charge on any atom is 0.173 e. The number of nitrogens with zero attached hydrogens (tertiary/aromatic N) is 5. The van der Waals surface area contributed by atoms with Gasteiger partial charge in [0, 0.05) is 49.4 Å². The van der Waals surface area contributed by atoms with Crippen LogP contribution in [0.15, 0.2) is 67.1 Å². The fraction of sp³-hybridized carbons (Fsp3) is 0.160. The van der Waals surface area contributed by atoms with Crippen molar-refractivity contribution in [2.24, 2.45) is 0 Å². The molecule has 3 aromatic heterocycles. The minimum Gasteiger partial charge on any atom is -0.381 e. The molecule has 0 radical (unpaired) electrons. The molecule has 0 unspecified atom stereocenters. The van der Waals surface area contributed by atoms with E-state index in [2.05, 4.69) is 36.9 Å². The van der Waals surface area contributed by atoms with E-state index in [4.69, 9.17) is 10.7 Å². The second-order valence-electron chi connectivity index (χ2n) is 8.13. The molecule has 0 amide bonds. The highest BCUT2D eigenvalue weighted by Gasteiger charge is 2.17. The van der Waals surface area contributed by atoms with Gasteiger partial charge in [0.1, 0.15) is 12.1 Å². The van der Waals surface area contributed by atoms with Crippen molar-refractivity contribution in [2.45, 2.75) is 0 Å². The Kier molecular flexibility index (Phi) is 4.66. The second kappa shape index (κ2) is 7.83. The maximum atomic E-state index is 14.7. The average molecular weight is 439 g/mol. The van der Waals surface area contributed by atoms with Gasteiger partial charge in [0.2, 0.25) is 0 Å². The Hall–Kier alpha value is -4.04. The normalized spacial score (nSPS) is 14.3. The van der Waals surface area contributed by atoms with E-state index < -0.39 is 5.82 Å². The van der Waals surface area contributed by atoms with Gasteiger partial charge in [0.05, 0.1) is 22.2 Å². The summed E-state index contributed by atoms with van der Waals surface area (Å²) in [6.45, 7) is 3.67. The number of piperazine rings is 1. The first-order chi connectivity index (χ1) is 16.2. The third-order valence-corrected chi connectivity index (χ3v) is 6.16. The zero-order chi connectivity index (χ0) is 22.4. The minimum absolute atomic E-state index is 0.109. The molecule has 0 atom stereocenters. The number of anilines is 2. The van der Waals surface area contributed by atoms with Crippen LogP contribution in [0.5, 0.6) is 0 Å². The second-order valence-corrected chi connectivity index (χ2v) is 8.13. The fourth-order valence-corrected chi connectivity index (χ4v) is 4.45. The van der Waals surface area contributed by atoms with Crippen LogP contribution in [0, 0.1) is 5.82 Å². The quantitative estimate of drug-likeness (QED) is 0.445. The molecule has 1 fully saturated rings. The van der Waals surface area contributed by atoms with Gasteiger partial charge in [-0.3, -0.25) is 4.57 Å². The summed E-state index contributed by atoms with van der Waals surface area (Å²) in [6.07, 6.45) is 3.33. The smallest absolute Gasteiger partial charge is 0.173 e. The first kappa shape index (κ1) is 19.6. The van der Waals surface area contributed by atoms with Crippen LogP contribution in [0.4, 0.5) is 16.0 Å². The van der Waals surface area contributed by atoms with Gasteiger partial charge < -0.3 is 16.0 Å². The molecule has 1 aliphatic rings. The number of nitrogens with two attached hydrogens (primary N) is 1. The van der Waals surface area contributed by atoms with E-state index in [1.54, 1.807) is 6.07 Å². The maximum absolute atomic E-state index is 14.7. The standard InChI is InChI=1S/C25H22FN7/c26-24-17(7-8-29-25(24)27)16-5-6-20-22(13-16)33(15-30-20)21-14-23(32-11-9-28-10-12-32)31-19-4-2-1-3-18(19)21/h1-8,13-15,28H,9-12H2,(H2,27,29). The molecule has 164 valence electrons. The minimum atomic E-state index is -0.515. The number of hydrogen-bond acceptors (Lipinski definition) is 6. The Balaban J connectivity index is 1.55. The van der Waals surface area contributed by atoms with E-state index in [9.17, 15) is 4.39 Å². The molecular weight excluding hydrogens is 417 g/mol. The van der Waals surface area contributed by atoms with Crippen molar-refractivity contribution < 1.29 is 4.39 Å². The highest BCUT2D eigenvalue weighted by Crippen LogP contribution is 2.32. The number of halogens is 1. The molecule has 8 heteroatoms. The number of benzene rings is 2. The number of nitrogen functional groups attached to an aromatic ring is 1. The van der Waals surface area contributed by atoms with Crippen molar-refractivity contribution in [1.29, 1.82) is 0 Å². The van der Waals surface area contributed by atoms with Gasteiger partial charge in [-0.2, -0.15) is 0 Å². The third-order valence-electron chi connectivity index (χ3n) is 6.16. The molecule has 5 aromatic rings. The number of pyridine rings is 2. The summed E-state index contributed by atoms with van der Waals surface area (Å²) in [6, 6.07) is 17.6. The topological polar surface area (TPSA) is 84.9 Å². The highest BCUT2D eigenvalue weighted by atomic mass is 19.1. The SMILES string of the molecule is Nc1nccc(-c2ccc3ncn(-c4cc(N5CCNCC5)nc5ccccc45)c3c2)c1F. The average Bonchev–Trinajstić information content (AvgIpc) is 3.28. The number of rotatable bonds is 3. The number of aromatic nitrogens is 4. The van der Waals surface area contributed by atoms with E-state index in [1.807, 2.05) is 42.7 Å². The molecule has 4 heterocycles. The van der Waals surface area contributed by atoms with E-state index in [0.717, 1.165) is 65.2 Å². The molecule has 1 aliphatic heterocycles. The molecule has 0 aliphatic carbocycles. The number of nitrogens with one attached hydrogen (secondary N) is 1. The Labute approximate surface area is 189 Å². The van der Waals surface area contributed by atoms with Gasteiger partial charge >= 0.3 is 0 Å². The summed E-state index contributed by atoms with van der Waals surface area (Å²) in [4.78, 5) is 15.7. The summed E-state index contributed by atoms with van der Waals surface area (Å²) in [7, 11) is 0. The molecule has 2 aromatic carbocycles. The first-order valence-corrected chi connectivity index (χ1v) is 10.9. The number of para-hydroxylation sites is 1. The lowest BCUT2D eigenvalue weighted by Gasteiger charge is -2.29. The molecule has 0 saturated carbocycles. The van der Waals surface area contributed by atoms with Crippen LogP contribution in [-0.4, -0.2) is 45.7 Å². The zero-order valence-corrected chi connectivity index (χ0v) is 17.9. The summed E-state index contributed by atoms with van der Waals surface area (Å²) in [5.74, 6) is 0.316. The molecule has 0 spiro atoms. The van der Waals surface area contributed by atoms with Gasteiger partial charge in [-0.25, -0.2) is 19.3 Å². The van der Waals surface area contributed by atoms with Crippen molar-refractivity contribution in [2.75, 3.05) is 36.8 Å². The molecule has 0 bridgehead atoms. The van der Waals surface area contributed by atoms with Crippen LogP contribution in [-0.2, 0) is 0 Å². The van der Waals surface area contributed by atoms with Gasteiger partial charge in [-0.15, -0.1) is 0 Å². The van der Waals surface area contributed by atoms with E-state index in [1.165, 1.54) is 6.20 Å². The summed E-state index contributed by atoms with van der Waals surface area (Å²) in [5, 5.41) is 4.42. The fourth-order valence-electron chi connectivity index (χ4n) is 4.45. The van der Waals surface area contributed by atoms with Gasteiger partial charge in [0.25, 0.3) is 0 Å². The molecule has 6 rings (SSSR count). The van der Waals surface area contributed by atoms with Crippen molar-refractivity contribution in [1.82, 2.24) is 24.8 Å². The van der Waals surface area contributed by atoms with Crippen molar-refractivity contribution in [3.05, 3.63) is 72.9 Å². The molecule has 1 saturated heterocycles. The molecule has 3 N–H and O–H groups in total. The zero-order valence-electron chi connectivity index (χ0n) is 17.9. The van der Waals surface area contributed by atoms with E-state index in [-0.39, 0.29) is 5.82 Å². The van der Waals surface area contributed by atoms with Crippen molar-refractivity contribution in [3.63, 3.8) is 0 Å². The van der Waals surface area contributed by atoms with Crippen LogP contribution < -0.4 is 16.0 Å². The molecule has 7 nitrogen and oxygen atoms in total. The monoisotopic (exact) mass is 439 g/mol. The Morgan fingerprint density at radius 2 is 1.79 bits per heavy atom. The number of hydrogen-bond donors (Lipinski definition) is 2. The Bertz CT molecular complexity index is 1490. The van der Waals surface area contributed by atoms with Gasteiger partial charge in [-0.1, -0.05) is 24.3 Å². The predicted molar refractivity (Wildman–Crippen MR) is 129 cm³/mol. The van der Waals surface area contributed by atoms with Crippen LogP contribution in [0.3, 0.4) is 0 Å². The summed E-state index contributed by atoms with van der Waals surface area (Å²) < 4.78 is 16.7. The van der Waals surface area contributed by atoms with Crippen LogP contribution in [0.2, 0.25) is 0 Å². The summed E-state index contributed by atoms with van der Waals surface area (Å²) >= 11 is 0. The highest BCUT2D eigenvalue weighted by molar-refractivity contribution is 5.92. The van der Waals surface area contributed by atoms with Crippen molar-refractivity contribution >= 4 is 33.6 Å². The van der Waals surface area contributed by atoms with Crippen LogP contribution in [0.25, 0.3) is 38.8 Å². The summed E-state index contributed by atoms with van der Waals surface area (Å²) in [5.41, 5.74) is 10.5. The predicted octanol–water partition coefficient (Wildman–Crippen LogP) is 3.77. The number of imidazole rings is 1. The van der Waals surface area contributed by atoms with Gasteiger partial charge in [-0.05, 0) is 29.8 Å². The van der Waals surface area contributed by atoms with E-state index >= 15 is 0 Å². The molecular formula is C25H22FN7. The third kappa shape index (κ3) is 3.35. The number of fused-ring (bicyclic) bond motifs is 2. The van der Waals surface area contributed by atoms with Crippen molar-refractivity contribution in [3.8, 4) is 16.8 Å². The lowest BCUT2D eigenvalue weighted by atomic mass is 10.1. The van der Waals surface area contributed by atoms with E-state index in [0.29, 0.717) is 5.56 Å². The lowest BCUT2D eigenvalue weighted by molar-refractivity contribution is 0.585. The largest absolute Gasteiger partial charge is 0.381 e. The Morgan fingerprint density at radius 1 is 0.939 bits per heavy atom. The Morgan fingerprint density at radius 3 is 2.67 bits per heavy atom. The molecule has 33 heavy (non-hydrogen) atoms.